The van der Waals surface area contributed by atoms with Crippen molar-refractivity contribution in [2.75, 3.05) is 16.9 Å². The Morgan fingerprint density at radius 2 is 1.96 bits per heavy atom. The van der Waals surface area contributed by atoms with Crippen molar-refractivity contribution in [3.63, 3.8) is 0 Å². The lowest BCUT2D eigenvalue weighted by atomic mass is 10.1. The van der Waals surface area contributed by atoms with Crippen molar-refractivity contribution in [1.29, 1.82) is 0 Å². The minimum atomic E-state index is -0.381. The Balaban J connectivity index is 1.43. The van der Waals surface area contributed by atoms with Gasteiger partial charge in [-0.05, 0) is 56.5 Å². The zero-order valence-electron chi connectivity index (χ0n) is 15.8. The van der Waals surface area contributed by atoms with Gasteiger partial charge in [0, 0.05) is 33.0 Å². The van der Waals surface area contributed by atoms with E-state index in [9.17, 15) is 9.59 Å². The summed E-state index contributed by atoms with van der Waals surface area (Å²) in [6, 6.07) is 9.78. The zero-order chi connectivity index (χ0) is 19.1. The molecule has 1 aliphatic carbocycles. The third-order valence-electron chi connectivity index (χ3n) is 5.56. The SMILES string of the molecule is Cc1ccc([C@@H]2C[C@H]2C(=O)N2CSC[C@H]2C(=O)Nc2cccc(C)c2C)s1. The Kier molecular flexibility index (Phi) is 5.03. The normalized spacial score (nSPS) is 24.1. The van der Waals surface area contributed by atoms with Crippen molar-refractivity contribution in [2.24, 2.45) is 5.92 Å². The summed E-state index contributed by atoms with van der Waals surface area (Å²) in [5, 5.41) is 3.04. The van der Waals surface area contributed by atoms with Crippen LogP contribution in [0.4, 0.5) is 5.69 Å². The molecular formula is C21H24N2O2S2. The summed E-state index contributed by atoms with van der Waals surface area (Å²) in [6.45, 7) is 6.14. The molecule has 0 radical (unpaired) electrons. The van der Waals surface area contributed by atoms with Crippen molar-refractivity contribution in [2.45, 2.75) is 39.2 Å². The standard InChI is InChI=1S/C21H24N2O2S2/c1-12-5-4-6-17(14(12)3)22-20(24)18-10-26-11-23(18)21(25)16-9-15(16)19-8-7-13(2)27-19/h4-8,15-16,18H,9-11H2,1-3H3,(H,22,24)/t15-,16-,18+/m1/s1. The fourth-order valence-electron chi connectivity index (χ4n) is 3.63. The molecule has 0 bridgehead atoms. The number of hydrogen-bond acceptors (Lipinski definition) is 4. The highest BCUT2D eigenvalue weighted by molar-refractivity contribution is 7.99. The van der Waals surface area contributed by atoms with Crippen LogP contribution in [0.1, 0.15) is 33.2 Å². The molecule has 4 nitrogen and oxygen atoms in total. The van der Waals surface area contributed by atoms with Gasteiger partial charge in [0.05, 0.1) is 5.88 Å². The second-order valence-corrected chi connectivity index (χ2v) is 9.78. The number of nitrogens with zero attached hydrogens (tertiary/aromatic N) is 1. The molecule has 2 aliphatic rings. The van der Waals surface area contributed by atoms with Crippen molar-refractivity contribution in [1.82, 2.24) is 4.90 Å². The molecule has 1 saturated carbocycles. The zero-order valence-corrected chi connectivity index (χ0v) is 17.5. The summed E-state index contributed by atoms with van der Waals surface area (Å²) in [5.41, 5.74) is 3.06. The highest BCUT2D eigenvalue weighted by Gasteiger charge is 2.49. The van der Waals surface area contributed by atoms with Gasteiger partial charge in [-0.2, -0.15) is 0 Å². The lowest BCUT2D eigenvalue weighted by Crippen LogP contribution is -2.45. The Morgan fingerprint density at radius 3 is 2.70 bits per heavy atom. The van der Waals surface area contributed by atoms with Crippen LogP contribution < -0.4 is 5.32 Å². The fraction of sp³-hybridized carbons (Fsp3) is 0.429. The van der Waals surface area contributed by atoms with Crippen LogP contribution >= 0.6 is 23.1 Å². The van der Waals surface area contributed by atoms with Crippen LogP contribution in [0.25, 0.3) is 0 Å². The molecule has 1 aromatic carbocycles. The summed E-state index contributed by atoms with van der Waals surface area (Å²) in [5.74, 6) is 1.71. The number of hydrogen-bond donors (Lipinski definition) is 1. The third kappa shape index (κ3) is 3.65. The van der Waals surface area contributed by atoms with Gasteiger partial charge in [0.2, 0.25) is 11.8 Å². The maximum Gasteiger partial charge on any atom is 0.248 e. The van der Waals surface area contributed by atoms with E-state index < -0.39 is 0 Å². The van der Waals surface area contributed by atoms with E-state index in [1.54, 1.807) is 28.0 Å². The van der Waals surface area contributed by atoms with Crippen molar-refractivity contribution in [3.8, 4) is 0 Å². The molecule has 142 valence electrons. The second-order valence-electron chi connectivity index (χ2n) is 7.46. The van der Waals surface area contributed by atoms with E-state index in [0.717, 1.165) is 23.2 Å². The van der Waals surface area contributed by atoms with E-state index in [1.165, 1.54) is 9.75 Å². The average Bonchev–Trinajstić information content (AvgIpc) is 3.07. The summed E-state index contributed by atoms with van der Waals surface area (Å²) in [6.07, 6.45) is 0.908. The predicted molar refractivity (Wildman–Crippen MR) is 112 cm³/mol. The van der Waals surface area contributed by atoms with Crippen molar-refractivity contribution < 1.29 is 9.59 Å². The van der Waals surface area contributed by atoms with Crippen LogP contribution in [-0.2, 0) is 9.59 Å². The first-order valence-corrected chi connectivity index (χ1v) is 11.2. The van der Waals surface area contributed by atoms with Crippen LogP contribution in [0.5, 0.6) is 0 Å². The fourth-order valence-corrected chi connectivity index (χ4v) is 5.85. The van der Waals surface area contributed by atoms with E-state index in [1.807, 2.05) is 32.0 Å². The number of amides is 2. The number of carbonyl (C=O) groups excluding carboxylic acids is 2. The first-order valence-electron chi connectivity index (χ1n) is 9.27. The molecule has 0 unspecified atom stereocenters. The largest absolute Gasteiger partial charge is 0.324 e. The van der Waals surface area contributed by atoms with Crippen molar-refractivity contribution in [3.05, 3.63) is 51.2 Å². The van der Waals surface area contributed by atoms with E-state index in [-0.39, 0.29) is 23.8 Å². The Hall–Kier alpha value is -1.79. The molecule has 1 aromatic heterocycles. The van der Waals surface area contributed by atoms with E-state index in [2.05, 4.69) is 24.4 Å². The van der Waals surface area contributed by atoms with Gasteiger partial charge in [0.15, 0.2) is 0 Å². The van der Waals surface area contributed by atoms with E-state index in [0.29, 0.717) is 17.5 Å². The van der Waals surface area contributed by atoms with E-state index >= 15 is 0 Å². The van der Waals surface area contributed by atoms with Gasteiger partial charge in [0.1, 0.15) is 6.04 Å². The number of thioether (sulfide) groups is 1. The molecule has 2 heterocycles. The van der Waals surface area contributed by atoms with Gasteiger partial charge in [-0.25, -0.2) is 0 Å². The molecule has 1 aliphatic heterocycles. The number of benzene rings is 1. The minimum Gasteiger partial charge on any atom is -0.324 e. The summed E-state index contributed by atoms with van der Waals surface area (Å²) in [7, 11) is 0. The maximum absolute atomic E-state index is 13.0. The highest BCUT2D eigenvalue weighted by Crippen LogP contribution is 2.51. The molecule has 4 rings (SSSR count). The third-order valence-corrected chi connectivity index (χ3v) is 7.71. The van der Waals surface area contributed by atoms with E-state index in [4.69, 9.17) is 0 Å². The molecule has 2 aromatic rings. The van der Waals surface area contributed by atoms with Gasteiger partial charge < -0.3 is 10.2 Å². The number of rotatable bonds is 4. The monoisotopic (exact) mass is 400 g/mol. The first-order chi connectivity index (χ1) is 13.0. The Morgan fingerprint density at radius 1 is 1.15 bits per heavy atom. The number of anilines is 1. The van der Waals surface area contributed by atoms with Crippen molar-refractivity contribution >= 4 is 40.6 Å². The molecule has 27 heavy (non-hydrogen) atoms. The second kappa shape index (κ2) is 7.32. The lowest BCUT2D eigenvalue weighted by molar-refractivity contribution is -0.137. The molecule has 1 N–H and O–H groups in total. The van der Waals surface area contributed by atoms with Gasteiger partial charge >= 0.3 is 0 Å². The predicted octanol–water partition coefficient (Wildman–Crippen LogP) is 4.32. The van der Waals surface area contributed by atoms with Gasteiger partial charge in [-0.3, -0.25) is 9.59 Å². The van der Waals surface area contributed by atoms with Gasteiger partial charge in [-0.1, -0.05) is 12.1 Å². The quantitative estimate of drug-likeness (QED) is 0.832. The van der Waals surface area contributed by atoms with Crippen LogP contribution in [0, 0.1) is 26.7 Å². The molecular weight excluding hydrogens is 376 g/mol. The van der Waals surface area contributed by atoms with Gasteiger partial charge in [-0.15, -0.1) is 23.1 Å². The summed E-state index contributed by atoms with van der Waals surface area (Å²) >= 11 is 3.44. The maximum atomic E-state index is 13.0. The molecule has 2 amide bonds. The van der Waals surface area contributed by atoms with Gasteiger partial charge in [0.25, 0.3) is 0 Å². The summed E-state index contributed by atoms with van der Waals surface area (Å²) < 4.78 is 0. The van der Waals surface area contributed by atoms with Crippen LogP contribution in [-0.4, -0.2) is 34.4 Å². The topological polar surface area (TPSA) is 49.4 Å². The minimum absolute atomic E-state index is 0.0396. The Bertz CT molecular complexity index is 892. The number of nitrogens with one attached hydrogen (secondary N) is 1. The smallest absolute Gasteiger partial charge is 0.248 e. The number of thiophene rings is 1. The van der Waals surface area contributed by atoms with Crippen LogP contribution in [0.3, 0.4) is 0 Å². The molecule has 1 saturated heterocycles. The number of aryl methyl sites for hydroxylation is 2. The van der Waals surface area contributed by atoms with Crippen LogP contribution in [0.2, 0.25) is 0 Å². The van der Waals surface area contributed by atoms with Crippen LogP contribution in [0.15, 0.2) is 30.3 Å². The summed E-state index contributed by atoms with van der Waals surface area (Å²) in [4.78, 5) is 30.3. The molecule has 3 atom stereocenters. The highest BCUT2D eigenvalue weighted by atomic mass is 32.2. The first kappa shape index (κ1) is 18.6. The number of carbonyl (C=O) groups is 2. The molecule has 6 heteroatoms. The lowest BCUT2D eigenvalue weighted by Gasteiger charge is -2.24. The Labute approximate surface area is 168 Å². The molecule has 0 spiro atoms. The molecule has 2 fully saturated rings. The average molecular weight is 401 g/mol.